The number of hydrogen-bond acceptors (Lipinski definition) is 2. The van der Waals surface area contributed by atoms with Crippen molar-refractivity contribution in [2.45, 2.75) is 19.5 Å². The molecule has 2 N–H and O–H groups in total. The highest BCUT2D eigenvalue weighted by Crippen LogP contribution is 2.22. The largest absolute Gasteiger partial charge is 0.332 e. The van der Waals surface area contributed by atoms with Gasteiger partial charge < -0.3 is 10.2 Å². The number of urea groups is 1. The van der Waals surface area contributed by atoms with Crippen LogP contribution >= 0.6 is 11.6 Å². The Balaban J connectivity index is 1.61. The van der Waals surface area contributed by atoms with Crippen LogP contribution in [0.2, 0.25) is 5.02 Å². The lowest BCUT2D eigenvalue weighted by molar-refractivity contribution is 0.192. The zero-order chi connectivity index (χ0) is 13.9. The van der Waals surface area contributed by atoms with E-state index in [1.54, 1.807) is 6.20 Å². The molecule has 0 fully saturated rings. The lowest BCUT2D eigenvalue weighted by Crippen LogP contribution is -2.42. The number of nitrogens with one attached hydrogen (secondary N) is 2. The van der Waals surface area contributed by atoms with Crippen LogP contribution in [0.15, 0.2) is 30.5 Å². The normalized spacial score (nSPS) is 13.9. The summed E-state index contributed by atoms with van der Waals surface area (Å²) in [6, 6.07) is 7.63. The zero-order valence-corrected chi connectivity index (χ0v) is 11.7. The molecule has 0 unspecified atom stereocenters. The maximum Gasteiger partial charge on any atom is 0.318 e. The minimum atomic E-state index is -0.0554. The maximum absolute atomic E-state index is 12.1. The van der Waals surface area contributed by atoms with Crippen LogP contribution in [0.25, 0.3) is 0 Å². The van der Waals surface area contributed by atoms with E-state index in [1.807, 2.05) is 29.2 Å². The summed E-state index contributed by atoms with van der Waals surface area (Å²) in [6.45, 7) is 1.80. The molecular weight excluding hydrogens is 276 g/mol. The van der Waals surface area contributed by atoms with E-state index >= 15 is 0 Å². The van der Waals surface area contributed by atoms with E-state index in [0.29, 0.717) is 19.6 Å². The number of fused-ring (bicyclic) bond motifs is 1. The molecule has 6 heteroatoms. The number of aromatic amines is 1. The first-order chi connectivity index (χ1) is 9.72. The van der Waals surface area contributed by atoms with Gasteiger partial charge >= 0.3 is 6.03 Å². The van der Waals surface area contributed by atoms with Crippen molar-refractivity contribution in [1.29, 1.82) is 0 Å². The fourth-order valence-corrected chi connectivity index (χ4v) is 2.56. The second-order valence-electron chi connectivity index (χ2n) is 4.83. The highest BCUT2D eigenvalue weighted by molar-refractivity contribution is 6.30. The molecular formula is C14H15ClN4O. The smallest absolute Gasteiger partial charge is 0.318 e. The fraction of sp³-hybridized carbons (Fsp3) is 0.286. The topological polar surface area (TPSA) is 61.0 Å². The average molecular weight is 291 g/mol. The third-order valence-corrected chi connectivity index (χ3v) is 3.69. The van der Waals surface area contributed by atoms with E-state index < -0.39 is 0 Å². The Morgan fingerprint density at radius 3 is 3.10 bits per heavy atom. The van der Waals surface area contributed by atoms with Crippen molar-refractivity contribution in [3.8, 4) is 0 Å². The van der Waals surface area contributed by atoms with Gasteiger partial charge in [0.2, 0.25) is 0 Å². The molecule has 5 nitrogen and oxygen atoms in total. The van der Waals surface area contributed by atoms with Crippen LogP contribution < -0.4 is 5.32 Å². The molecule has 0 saturated carbocycles. The number of rotatable bonds is 2. The SMILES string of the molecule is O=C(NCc1ccn[nH]1)N1CCc2cc(Cl)ccc2C1. The van der Waals surface area contributed by atoms with Crippen molar-refractivity contribution in [1.82, 2.24) is 20.4 Å². The molecule has 104 valence electrons. The van der Waals surface area contributed by atoms with Gasteiger partial charge in [0.15, 0.2) is 0 Å². The number of carbonyl (C=O) groups is 1. The van der Waals surface area contributed by atoms with E-state index in [-0.39, 0.29) is 6.03 Å². The summed E-state index contributed by atoms with van der Waals surface area (Å²) in [7, 11) is 0. The van der Waals surface area contributed by atoms with E-state index in [4.69, 9.17) is 11.6 Å². The number of halogens is 1. The Morgan fingerprint density at radius 1 is 1.40 bits per heavy atom. The number of amides is 2. The lowest BCUT2D eigenvalue weighted by atomic mass is 10.0. The predicted molar refractivity (Wildman–Crippen MR) is 76.4 cm³/mol. The molecule has 0 bridgehead atoms. The zero-order valence-electron chi connectivity index (χ0n) is 10.9. The average Bonchev–Trinajstić information content (AvgIpc) is 2.97. The van der Waals surface area contributed by atoms with Crippen molar-refractivity contribution in [3.63, 3.8) is 0 Å². The van der Waals surface area contributed by atoms with Crippen LogP contribution in [0.3, 0.4) is 0 Å². The van der Waals surface area contributed by atoms with Gasteiger partial charge in [-0.1, -0.05) is 17.7 Å². The van der Waals surface area contributed by atoms with Crippen molar-refractivity contribution < 1.29 is 4.79 Å². The third-order valence-electron chi connectivity index (χ3n) is 3.46. The summed E-state index contributed by atoms with van der Waals surface area (Å²) in [6.07, 6.45) is 2.51. The van der Waals surface area contributed by atoms with E-state index in [9.17, 15) is 4.79 Å². The van der Waals surface area contributed by atoms with Crippen LogP contribution in [-0.2, 0) is 19.5 Å². The Labute approximate surface area is 121 Å². The first-order valence-electron chi connectivity index (χ1n) is 6.51. The molecule has 0 atom stereocenters. The molecule has 20 heavy (non-hydrogen) atoms. The van der Waals surface area contributed by atoms with Crippen molar-refractivity contribution >= 4 is 17.6 Å². The second-order valence-corrected chi connectivity index (χ2v) is 5.26. The molecule has 1 aromatic heterocycles. The van der Waals surface area contributed by atoms with Gasteiger partial charge in [-0.3, -0.25) is 5.10 Å². The molecule has 1 aliphatic heterocycles. The number of benzene rings is 1. The number of hydrogen-bond donors (Lipinski definition) is 2. The van der Waals surface area contributed by atoms with Gasteiger partial charge in [-0.25, -0.2) is 4.79 Å². The number of nitrogens with zero attached hydrogens (tertiary/aromatic N) is 2. The van der Waals surface area contributed by atoms with E-state index in [1.165, 1.54) is 5.56 Å². The molecule has 2 aromatic rings. The first kappa shape index (κ1) is 13.0. The third kappa shape index (κ3) is 2.77. The van der Waals surface area contributed by atoms with Crippen molar-refractivity contribution in [2.24, 2.45) is 0 Å². The van der Waals surface area contributed by atoms with Crippen molar-refractivity contribution in [2.75, 3.05) is 6.54 Å². The number of carbonyl (C=O) groups excluding carboxylic acids is 1. The summed E-state index contributed by atoms with van der Waals surface area (Å²) in [5.41, 5.74) is 3.29. The van der Waals surface area contributed by atoms with Gasteiger partial charge in [-0.05, 0) is 35.7 Å². The predicted octanol–water partition coefficient (Wildman–Crippen LogP) is 2.33. The Hall–Kier alpha value is -2.01. The molecule has 0 aliphatic carbocycles. The quantitative estimate of drug-likeness (QED) is 0.892. The van der Waals surface area contributed by atoms with Gasteiger partial charge in [0.1, 0.15) is 0 Å². The standard InChI is InChI=1S/C14H15ClN4O/c15-12-2-1-11-9-19(6-4-10(11)7-12)14(20)16-8-13-3-5-17-18-13/h1-3,5,7H,4,6,8-9H2,(H,16,20)(H,17,18). The summed E-state index contributed by atoms with van der Waals surface area (Å²) < 4.78 is 0. The Morgan fingerprint density at radius 2 is 2.30 bits per heavy atom. The maximum atomic E-state index is 12.1. The van der Waals surface area contributed by atoms with Crippen LogP contribution in [-0.4, -0.2) is 27.7 Å². The number of H-pyrrole nitrogens is 1. The Kier molecular flexibility index (Phi) is 3.60. The molecule has 2 amide bonds. The van der Waals surface area contributed by atoms with E-state index in [2.05, 4.69) is 15.5 Å². The van der Waals surface area contributed by atoms with Crippen LogP contribution in [0.1, 0.15) is 16.8 Å². The van der Waals surface area contributed by atoms with Crippen LogP contribution in [0.4, 0.5) is 4.79 Å². The highest BCUT2D eigenvalue weighted by atomic mass is 35.5. The molecule has 0 saturated heterocycles. The van der Waals surface area contributed by atoms with E-state index in [0.717, 1.165) is 22.7 Å². The van der Waals surface area contributed by atoms with Gasteiger partial charge in [0.25, 0.3) is 0 Å². The summed E-state index contributed by atoms with van der Waals surface area (Å²) in [5.74, 6) is 0. The summed E-state index contributed by atoms with van der Waals surface area (Å²) in [4.78, 5) is 13.9. The molecule has 0 spiro atoms. The minimum Gasteiger partial charge on any atom is -0.332 e. The molecule has 1 aliphatic rings. The number of aromatic nitrogens is 2. The Bertz CT molecular complexity index is 612. The molecule has 1 aromatic carbocycles. The fourth-order valence-electron chi connectivity index (χ4n) is 2.36. The first-order valence-corrected chi connectivity index (χ1v) is 6.88. The molecule has 2 heterocycles. The van der Waals surface area contributed by atoms with Gasteiger partial charge in [0.05, 0.1) is 12.2 Å². The lowest BCUT2D eigenvalue weighted by Gasteiger charge is -2.29. The van der Waals surface area contributed by atoms with Crippen molar-refractivity contribution in [3.05, 3.63) is 52.3 Å². The van der Waals surface area contributed by atoms with Gasteiger partial charge in [0, 0.05) is 24.3 Å². The van der Waals surface area contributed by atoms with Gasteiger partial charge in [-0.15, -0.1) is 0 Å². The minimum absolute atomic E-state index is 0.0554. The summed E-state index contributed by atoms with van der Waals surface area (Å²) >= 11 is 5.98. The van der Waals surface area contributed by atoms with Gasteiger partial charge in [-0.2, -0.15) is 5.10 Å². The van der Waals surface area contributed by atoms with Crippen LogP contribution in [0.5, 0.6) is 0 Å². The van der Waals surface area contributed by atoms with Crippen LogP contribution in [0, 0.1) is 0 Å². The molecule has 3 rings (SSSR count). The highest BCUT2D eigenvalue weighted by Gasteiger charge is 2.20. The summed E-state index contributed by atoms with van der Waals surface area (Å²) in [5, 5.41) is 10.3. The molecule has 0 radical (unpaired) electrons. The second kappa shape index (κ2) is 5.54. The monoisotopic (exact) mass is 290 g/mol.